The monoisotopic (exact) mass is 950 g/mol. The molecule has 0 saturated carbocycles. The van der Waals surface area contributed by atoms with Crippen LogP contribution in [0.2, 0.25) is 0 Å². The molecule has 1 aromatic carbocycles. The molecule has 0 amide bonds. The Bertz CT molecular complexity index is 1310. The van der Waals surface area contributed by atoms with Gasteiger partial charge in [0.25, 0.3) is 0 Å². The second kappa shape index (κ2) is 50.7. The molecule has 17 heteroatoms. The Morgan fingerprint density at radius 1 is 0.200 bits per heavy atom. The van der Waals surface area contributed by atoms with Gasteiger partial charge in [0.15, 0.2) is 0 Å². The molecule has 0 spiro atoms. The number of pyridine rings is 1. The fourth-order valence-electron chi connectivity index (χ4n) is 2.74. The third-order valence-electron chi connectivity index (χ3n) is 5.08. The molecule has 0 aliphatic carbocycles. The molecule has 0 radical (unpaired) electrons. The molecule has 0 N–H and O–H groups in total. The van der Waals surface area contributed by atoms with Gasteiger partial charge in [0, 0.05) is 74.4 Å². The van der Waals surface area contributed by atoms with E-state index in [1.807, 2.05) is 96.5 Å². The molecule has 60 heavy (non-hydrogen) atoms. The third-order valence-corrected chi connectivity index (χ3v) is 13.3. The second-order valence-corrected chi connectivity index (χ2v) is 19.4. The van der Waals surface area contributed by atoms with Gasteiger partial charge < -0.3 is 0 Å². The Kier molecular flexibility index (Phi) is 45.2. The van der Waals surface area contributed by atoms with Gasteiger partial charge in [0.2, 0.25) is 0 Å². The summed E-state index contributed by atoms with van der Waals surface area (Å²) in [6, 6.07) is 35.5. The van der Waals surface area contributed by atoms with Gasteiger partial charge in [-0.05, 0) is 115 Å². The van der Waals surface area contributed by atoms with Crippen LogP contribution in [-0.4, -0.2) is 40.1 Å². The van der Waals surface area contributed by atoms with Gasteiger partial charge in [-0.15, -0.1) is 0 Å². The van der Waals surface area contributed by atoms with Crippen LogP contribution in [0.4, 0.5) is 0 Å². The van der Waals surface area contributed by atoms with Gasteiger partial charge in [0.1, 0.15) is 6.33 Å². The Hall–Kier alpha value is -4.49. The SMILES string of the molecule is c1ccccc1.c1ccncc1.c1ccnnc1.c1ccpcc1.c1ccppc1.c1cnccn1.c1cncnc1.c1cpccn1.c1cpcpc1.c1pcpcp1. The van der Waals surface area contributed by atoms with Gasteiger partial charge in [-0.3, -0.25) is 19.9 Å². The summed E-state index contributed by atoms with van der Waals surface area (Å²) in [5.41, 5.74) is 8.85. The van der Waals surface area contributed by atoms with Gasteiger partial charge in [-0.25, -0.2) is 9.97 Å². The third kappa shape index (κ3) is 47.9. The minimum Gasteiger partial charge on any atom is -0.265 e. The van der Waals surface area contributed by atoms with Crippen molar-refractivity contribution in [2.45, 2.75) is 0 Å². The van der Waals surface area contributed by atoms with E-state index in [1.54, 1.807) is 80.4 Å². The van der Waals surface area contributed by atoms with Gasteiger partial charge in [-0.2, -0.15) is 10.2 Å². The molecule has 0 unspecified atom stereocenters. The van der Waals surface area contributed by atoms with Crippen molar-refractivity contribution in [2.24, 2.45) is 0 Å². The molecule has 0 fully saturated rings. The number of hydrogen-bond donors (Lipinski definition) is 0. The van der Waals surface area contributed by atoms with Gasteiger partial charge in [-0.1, -0.05) is 136 Å². The molecule has 8 nitrogen and oxygen atoms in total. The maximum atomic E-state index is 3.81. The summed E-state index contributed by atoms with van der Waals surface area (Å²) >= 11 is 0. The normalized spacial score (nSPS) is 8.93. The summed E-state index contributed by atoms with van der Waals surface area (Å²) in [5.74, 6) is 16.7. The molecule has 300 valence electrons. The van der Waals surface area contributed by atoms with Crippen LogP contribution in [0.5, 0.6) is 0 Å². The molecule has 0 bridgehead atoms. The molecule has 0 atom stereocenters. The van der Waals surface area contributed by atoms with Crippen molar-refractivity contribution in [3.63, 3.8) is 0 Å². The lowest BCUT2D eigenvalue weighted by Crippen LogP contribution is -1.69. The Morgan fingerprint density at radius 2 is 0.550 bits per heavy atom. The van der Waals surface area contributed by atoms with Crippen LogP contribution in [0.15, 0.2) is 258 Å². The van der Waals surface area contributed by atoms with Crippen molar-refractivity contribution >= 4 is 73.1 Å². The van der Waals surface area contributed by atoms with Gasteiger partial charge in [0.05, 0.1) is 0 Å². The van der Waals surface area contributed by atoms with E-state index in [0.717, 1.165) is 0 Å². The van der Waals surface area contributed by atoms with E-state index in [1.165, 1.54) is 79.4 Å². The predicted octanol–water partition coefficient (Wildman–Crippen LogP) is 17.2. The molecular formula is C43H43N8P9. The van der Waals surface area contributed by atoms with Gasteiger partial charge >= 0.3 is 0 Å². The van der Waals surface area contributed by atoms with Crippen LogP contribution in [-0.2, 0) is 0 Å². The molecule has 0 saturated heterocycles. The topological polar surface area (TPSA) is 103 Å². The highest BCUT2D eigenvalue weighted by Gasteiger charge is 1.64. The first kappa shape index (κ1) is 53.5. The zero-order valence-corrected chi connectivity index (χ0v) is 40.5. The van der Waals surface area contributed by atoms with Crippen LogP contribution in [0.1, 0.15) is 0 Å². The number of rotatable bonds is 0. The smallest absolute Gasteiger partial charge is 0.115 e. The number of aromatic nitrogens is 8. The molecular weight excluding hydrogens is 907 g/mol. The fourth-order valence-corrected chi connectivity index (χ4v) is 9.75. The van der Waals surface area contributed by atoms with Crippen LogP contribution in [0, 0.1) is 0 Å². The molecule has 10 aromatic rings. The van der Waals surface area contributed by atoms with Crippen LogP contribution >= 0.6 is 73.1 Å². The van der Waals surface area contributed by atoms with Crippen LogP contribution < -0.4 is 0 Å². The highest BCUT2D eigenvalue weighted by atomic mass is 31.8. The van der Waals surface area contributed by atoms with E-state index in [2.05, 4.69) is 115 Å². The lowest BCUT2D eigenvalue weighted by atomic mass is 10.4. The zero-order valence-electron chi connectivity index (χ0n) is 32.4. The lowest BCUT2D eigenvalue weighted by Gasteiger charge is -1.70. The molecule has 0 aliphatic heterocycles. The van der Waals surface area contributed by atoms with E-state index in [9.17, 15) is 0 Å². The average molecular weight is 951 g/mol. The van der Waals surface area contributed by atoms with E-state index in [-0.39, 0.29) is 0 Å². The van der Waals surface area contributed by atoms with Crippen LogP contribution in [0.25, 0.3) is 0 Å². The Labute approximate surface area is 369 Å². The summed E-state index contributed by atoms with van der Waals surface area (Å²) in [6.45, 7) is 0. The predicted molar refractivity (Wildman–Crippen MR) is 269 cm³/mol. The number of benzene rings is 1. The van der Waals surface area contributed by atoms with Crippen molar-refractivity contribution in [1.29, 1.82) is 0 Å². The minimum absolute atomic E-state index is 1.24. The van der Waals surface area contributed by atoms with Crippen molar-refractivity contribution in [2.75, 3.05) is 0 Å². The zero-order chi connectivity index (χ0) is 42.4. The summed E-state index contributed by atoms with van der Waals surface area (Å²) in [5, 5.41) is 7.07. The molecule has 9 aromatic heterocycles. The first-order valence-electron chi connectivity index (χ1n) is 17.5. The van der Waals surface area contributed by atoms with E-state index in [4.69, 9.17) is 0 Å². The van der Waals surface area contributed by atoms with Crippen molar-refractivity contribution in [3.8, 4) is 0 Å². The van der Waals surface area contributed by atoms with Crippen molar-refractivity contribution < 1.29 is 0 Å². The van der Waals surface area contributed by atoms with E-state index in [0.29, 0.717) is 0 Å². The van der Waals surface area contributed by atoms with E-state index < -0.39 is 0 Å². The largest absolute Gasteiger partial charge is 0.265 e. The minimum atomic E-state index is 1.24. The fraction of sp³-hybridized carbons (Fsp3) is 0. The average Bonchev–Trinajstić information content (AvgIpc) is 3.41. The molecule has 10 rings (SSSR count). The first-order valence-corrected chi connectivity index (χ1v) is 27.3. The summed E-state index contributed by atoms with van der Waals surface area (Å²) in [6.07, 6.45) is 21.8. The van der Waals surface area contributed by atoms with Crippen LogP contribution in [0.3, 0.4) is 0 Å². The number of nitrogens with zero attached hydrogens (tertiary/aromatic N) is 8. The lowest BCUT2D eigenvalue weighted by molar-refractivity contribution is 1.03. The second-order valence-electron chi connectivity index (χ2n) is 9.42. The van der Waals surface area contributed by atoms with E-state index >= 15 is 0 Å². The van der Waals surface area contributed by atoms with Crippen molar-refractivity contribution in [3.05, 3.63) is 258 Å². The maximum absolute atomic E-state index is 3.81. The highest BCUT2D eigenvalue weighted by molar-refractivity contribution is 7.89. The Morgan fingerprint density at radius 3 is 0.717 bits per heavy atom. The molecule has 0 aliphatic rings. The highest BCUT2D eigenvalue weighted by Crippen LogP contribution is 2.19. The Balaban J connectivity index is 0.000000333. The molecule has 9 heterocycles. The standard InChI is InChI=1S/C6H6.C5H5N.C5H5P.3C4H4N2.C4H4NP.2C4H4P2.C3H3P3/c3*1-2-4-6-5-3-1;1-2-6-4-3-5-1;1-2-5-4-6-3-1;1-2-4-6-5-3-1;1-3-6-4-2-5-1;1-2-5-4-6-3-1;1-2-4-6-5-3-1;1-4-2-6-3-5-1/h1-6H;2*1-5H;6*1-4H;1-3H. The number of hydrogen-bond acceptors (Lipinski definition) is 8. The van der Waals surface area contributed by atoms with Crippen molar-refractivity contribution in [1.82, 2.24) is 40.1 Å². The first-order chi connectivity index (χ1) is 30.0. The summed E-state index contributed by atoms with van der Waals surface area (Å²) in [7, 11) is 12.2. The summed E-state index contributed by atoms with van der Waals surface area (Å²) < 4.78 is 0. The summed E-state index contributed by atoms with van der Waals surface area (Å²) in [4.78, 5) is 22.4. The quantitative estimate of drug-likeness (QED) is 0.148. The maximum Gasteiger partial charge on any atom is 0.115 e.